The molecule has 0 spiro atoms. The summed E-state index contributed by atoms with van der Waals surface area (Å²) >= 11 is 0. The molecule has 0 bridgehead atoms. The number of para-hydroxylation sites is 4. The highest BCUT2D eigenvalue weighted by atomic mass is 19.4. The molecule has 4 nitrogen and oxygen atoms in total. The highest BCUT2D eigenvalue weighted by Gasteiger charge is 2.30. The Kier molecular flexibility index (Phi) is 10.9. The maximum Gasteiger partial charge on any atom is 0.416 e. The summed E-state index contributed by atoms with van der Waals surface area (Å²) in [5, 5.41) is 3.99. The number of anilines is 6. The zero-order valence-corrected chi connectivity index (χ0v) is 38.2. The van der Waals surface area contributed by atoms with Crippen LogP contribution in [0.4, 0.5) is 47.3 Å². The molecule has 0 aliphatic rings. The van der Waals surface area contributed by atoms with Crippen LogP contribution >= 0.6 is 0 Å². The van der Waals surface area contributed by atoms with Crippen molar-refractivity contribution in [1.29, 1.82) is 0 Å². The van der Waals surface area contributed by atoms with Gasteiger partial charge in [-0.3, -0.25) is 4.57 Å². The van der Waals surface area contributed by atoms with Gasteiger partial charge in [0.2, 0.25) is 0 Å². The molecule has 0 N–H and O–H groups in total. The van der Waals surface area contributed by atoms with E-state index in [1.807, 2.05) is 102 Å². The van der Waals surface area contributed by atoms with Gasteiger partial charge in [0.25, 0.3) is 0 Å². The van der Waals surface area contributed by atoms with Crippen LogP contribution in [0, 0.1) is 0 Å². The molecule has 0 atom stereocenters. The minimum absolute atomic E-state index is 0.570. The van der Waals surface area contributed by atoms with Gasteiger partial charge in [-0.05, 0) is 148 Å². The number of nitrogens with zero attached hydrogens (tertiary/aromatic N) is 4. The Balaban J connectivity index is 1.07. The zero-order valence-electron chi connectivity index (χ0n) is 38.2. The van der Waals surface area contributed by atoms with E-state index in [0.29, 0.717) is 11.5 Å². The summed E-state index contributed by atoms with van der Waals surface area (Å²) in [4.78, 5) is 9.99. The lowest BCUT2D eigenvalue weighted by Crippen LogP contribution is -2.09. The van der Waals surface area contributed by atoms with Gasteiger partial charge in [-0.15, -0.1) is 0 Å². The van der Waals surface area contributed by atoms with Gasteiger partial charge in [-0.2, -0.15) is 13.2 Å². The average Bonchev–Trinajstić information content (AvgIpc) is 3.84. The molecule has 71 heavy (non-hydrogen) atoms. The number of imidazole rings is 1. The molecule has 1 aromatic heterocycles. The molecule has 0 amide bonds. The number of halogens is 3. The van der Waals surface area contributed by atoms with Crippen LogP contribution in [0.5, 0.6) is 0 Å². The minimum Gasteiger partial charge on any atom is -0.311 e. The van der Waals surface area contributed by atoms with E-state index in [9.17, 15) is 13.2 Å². The number of fused-ring (bicyclic) bond motifs is 6. The molecule has 0 aliphatic heterocycles. The molecule has 0 unspecified atom stereocenters. The molecular weight excluding hydrogens is 882 g/mol. The summed E-state index contributed by atoms with van der Waals surface area (Å²) in [6, 6.07) is 86.8. The Hall–Kier alpha value is -9.20. The SMILES string of the molecule is FC(F)(F)c1ccc(-n2c(-c3cc(-c4ccc(N(c5ccccc5)c5ccccc5)cc4)cc(-c4ccc(N(c5ccccc5)c5ccccc5)cc4)c3)nc3c4ccccc4c4ccccc4c32)cc1. The predicted molar refractivity (Wildman–Crippen MR) is 287 cm³/mol. The number of aromatic nitrogens is 2. The van der Waals surface area contributed by atoms with Crippen LogP contribution in [-0.4, -0.2) is 9.55 Å². The summed E-state index contributed by atoms with van der Waals surface area (Å²) in [7, 11) is 0. The van der Waals surface area contributed by atoms with Crippen molar-refractivity contribution >= 4 is 66.7 Å². The molecule has 0 aliphatic carbocycles. The lowest BCUT2D eigenvalue weighted by molar-refractivity contribution is -0.137. The second-order valence-electron chi connectivity index (χ2n) is 17.5. The number of rotatable bonds is 10. The van der Waals surface area contributed by atoms with Crippen LogP contribution in [0.3, 0.4) is 0 Å². The summed E-state index contributed by atoms with van der Waals surface area (Å²) in [6.45, 7) is 0. The molecule has 0 radical (unpaired) electrons. The molecule has 7 heteroatoms. The number of hydrogen-bond donors (Lipinski definition) is 0. The number of hydrogen-bond acceptors (Lipinski definition) is 3. The first-order chi connectivity index (χ1) is 34.9. The van der Waals surface area contributed by atoms with Gasteiger partial charge in [-0.25, -0.2) is 4.98 Å². The molecule has 0 fully saturated rings. The van der Waals surface area contributed by atoms with Crippen LogP contribution < -0.4 is 9.80 Å². The van der Waals surface area contributed by atoms with E-state index in [1.165, 1.54) is 0 Å². The van der Waals surface area contributed by atoms with Crippen LogP contribution in [0.1, 0.15) is 5.56 Å². The van der Waals surface area contributed by atoms with E-state index >= 15 is 0 Å². The van der Waals surface area contributed by atoms with E-state index in [1.54, 1.807) is 12.1 Å². The van der Waals surface area contributed by atoms with Gasteiger partial charge in [0.15, 0.2) is 0 Å². The Morgan fingerprint density at radius 1 is 0.324 bits per heavy atom. The standard InChI is InChI=1S/C64H43F3N4/c65-64(66,67)49-33-39-56(40-34-49)71-62-60-28-16-14-26-58(60)57-25-13-15-27-59(57)61(62)68-63(71)48-42-46(44-29-35-54(36-30-44)69(50-17-5-1-6-18-50)51-19-7-2-8-20-51)41-47(43-48)45-31-37-55(38-32-45)70(52-21-9-3-10-22-52)53-23-11-4-12-24-53/h1-43H. The molecule has 12 rings (SSSR count). The highest BCUT2D eigenvalue weighted by Crippen LogP contribution is 2.43. The van der Waals surface area contributed by atoms with Crippen LogP contribution in [0.15, 0.2) is 261 Å². The molecule has 1 heterocycles. The Morgan fingerprint density at radius 2 is 0.676 bits per heavy atom. The second kappa shape index (κ2) is 18.0. The van der Waals surface area contributed by atoms with Gasteiger partial charge in [0.1, 0.15) is 5.82 Å². The van der Waals surface area contributed by atoms with Gasteiger partial charge < -0.3 is 9.80 Å². The third kappa shape index (κ3) is 8.13. The van der Waals surface area contributed by atoms with Crippen LogP contribution in [0.2, 0.25) is 0 Å². The third-order valence-electron chi connectivity index (χ3n) is 13.2. The monoisotopic (exact) mass is 924 g/mol. The highest BCUT2D eigenvalue weighted by molar-refractivity contribution is 6.24. The molecular formula is C64H43F3N4. The van der Waals surface area contributed by atoms with Crippen LogP contribution in [0.25, 0.3) is 71.9 Å². The molecule has 0 saturated carbocycles. The summed E-state index contributed by atoms with van der Waals surface area (Å²) in [5.41, 5.74) is 12.3. The third-order valence-corrected chi connectivity index (χ3v) is 13.2. The second-order valence-corrected chi connectivity index (χ2v) is 17.5. The van der Waals surface area contributed by atoms with Crippen molar-refractivity contribution < 1.29 is 13.2 Å². The van der Waals surface area contributed by atoms with Crippen molar-refractivity contribution in [3.05, 3.63) is 266 Å². The maximum atomic E-state index is 14.1. The maximum absolute atomic E-state index is 14.1. The van der Waals surface area contributed by atoms with Gasteiger partial charge in [-0.1, -0.05) is 146 Å². The fourth-order valence-corrected chi connectivity index (χ4v) is 9.85. The van der Waals surface area contributed by atoms with Crippen molar-refractivity contribution in [2.75, 3.05) is 9.80 Å². The smallest absolute Gasteiger partial charge is 0.311 e. The Morgan fingerprint density at radius 3 is 1.10 bits per heavy atom. The minimum atomic E-state index is -4.49. The normalized spacial score (nSPS) is 11.6. The fourth-order valence-electron chi connectivity index (χ4n) is 9.85. The first-order valence-corrected chi connectivity index (χ1v) is 23.5. The largest absolute Gasteiger partial charge is 0.416 e. The molecule has 12 aromatic rings. The number of alkyl halides is 3. The van der Waals surface area contributed by atoms with Crippen LogP contribution in [-0.2, 0) is 6.18 Å². The van der Waals surface area contributed by atoms with E-state index in [4.69, 9.17) is 4.98 Å². The molecule has 340 valence electrons. The summed E-state index contributed by atoms with van der Waals surface area (Å²) < 4.78 is 44.4. The lowest BCUT2D eigenvalue weighted by atomic mass is 9.95. The van der Waals surface area contributed by atoms with E-state index in [2.05, 4.69) is 149 Å². The lowest BCUT2D eigenvalue weighted by Gasteiger charge is -2.25. The van der Waals surface area contributed by atoms with Gasteiger partial charge in [0, 0.05) is 56.1 Å². The van der Waals surface area contributed by atoms with Crippen molar-refractivity contribution in [1.82, 2.24) is 9.55 Å². The first-order valence-electron chi connectivity index (χ1n) is 23.5. The van der Waals surface area contributed by atoms with E-state index < -0.39 is 11.7 Å². The Bertz CT molecular complexity index is 3600. The zero-order chi connectivity index (χ0) is 47.9. The molecule has 0 saturated heterocycles. The topological polar surface area (TPSA) is 24.3 Å². The average molecular weight is 925 g/mol. The van der Waals surface area contributed by atoms with E-state index in [0.717, 1.165) is 107 Å². The van der Waals surface area contributed by atoms with Crippen molar-refractivity contribution in [3.63, 3.8) is 0 Å². The Labute approximate surface area is 409 Å². The van der Waals surface area contributed by atoms with Gasteiger partial charge in [0.05, 0.1) is 16.6 Å². The van der Waals surface area contributed by atoms with Crippen molar-refractivity contribution in [3.8, 4) is 39.3 Å². The molecule has 11 aromatic carbocycles. The van der Waals surface area contributed by atoms with Gasteiger partial charge >= 0.3 is 6.18 Å². The number of benzene rings is 11. The van der Waals surface area contributed by atoms with E-state index in [-0.39, 0.29) is 0 Å². The summed E-state index contributed by atoms with van der Waals surface area (Å²) in [5.74, 6) is 0.608. The van der Waals surface area contributed by atoms with Crippen molar-refractivity contribution in [2.45, 2.75) is 6.18 Å². The predicted octanol–water partition coefficient (Wildman–Crippen LogP) is 18.3. The first kappa shape index (κ1) is 43.1. The summed E-state index contributed by atoms with van der Waals surface area (Å²) in [6.07, 6.45) is -4.49. The fraction of sp³-hybridized carbons (Fsp3) is 0.0156. The quantitative estimate of drug-likeness (QED) is 0.128. The van der Waals surface area contributed by atoms with Crippen molar-refractivity contribution in [2.24, 2.45) is 0 Å².